The summed E-state index contributed by atoms with van der Waals surface area (Å²) in [6.07, 6.45) is 0. The number of hydrogen-bond donors (Lipinski definition) is 0. The fraction of sp³-hybridized carbons (Fsp3) is 0.455. The maximum atomic E-state index is 13.5. The third-order valence-corrected chi connectivity index (χ3v) is 4.97. The zero-order valence-corrected chi connectivity index (χ0v) is 11.1. The molecule has 8 heteroatoms. The van der Waals surface area contributed by atoms with E-state index in [0.717, 1.165) is 4.31 Å². The molecular formula is C11H13F3N2O2S. The lowest BCUT2D eigenvalue weighted by molar-refractivity contribution is 0.221. The molecule has 2 rings (SSSR count). The maximum Gasteiger partial charge on any atom is 0.249 e. The minimum Gasteiger partial charge on any atom is -0.304 e. The standard InChI is InChI=1S/C11H13F3N2O2S/c1-15-2-4-16(5-3-15)19(17,18)11-9(13)6-8(12)7-10(11)14/h6-7H,2-5H2,1H3. The molecule has 0 aliphatic carbocycles. The van der Waals surface area contributed by atoms with Crippen molar-refractivity contribution in [3.63, 3.8) is 0 Å². The van der Waals surface area contributed by atoms with E-state index in [0.29, 0.717) is 25.2 Å². The van der Waals surface area contributed by atoms with Crippen molar-refractivity contribution in [2.24, 2.45) is 0 Å². The summed E-state index contributed by atoms with van der Waals surface area (Å²) in [5.74, 6) is -3.96. The Hall–Kier alpha value is -1.12. The Kier molecular flexibility index (Phi) is 3.84. The SMILES string of the molecule is CN1CCN(S(=O)(=O)c2c(F)cc(F)cc2F)CC1. The molecular weight excluding hydrogens is 281 g/mol. The molecule has 1 aromatic carbocycles. The molecule has 0 amide bonds. The van der Waals surface area contributed by atoms with Gasteiger partial charge in [-0.3, -0.25) is 0 Å². The van der Waals surface area contributed by atoms with E-state index >= 15 is 0 Å². The first-order valence-corrected chi connectivity index (χ1v) is 7.09. The van der Waals surface area contributed by atoms with Crippen LogP contribution in [0.5, 0.6) is 0 Å². The number of likely N-dealkylation sites (N-methyl/N-ethyl adjacent to an activating group) is 1. The molecule has 1 aliphatic heterocycles. The zero-order chi connectivity index (χ0) is 14.2. The third-order valence-electron chi connectivity index (χ3n) is 3.02. The first-order chi connectivity index (χ1) is 8.82. The monoisotopic (exact) mass is 294 g/mol. The van der Waals surface area contributed by atoms with E-state index in [-0.39, 0.29) is 13.1 Å². The molecule has 19 heavy (non-hydrogen) atoms. The van der Waals surface area contributed by atoms with Crippen molar-refractivity contribution in [1.29, 1.82) is 0 Å². The highest BCUT2D eigenvalue weighted by Gasteiger charge is 2.32. The summed E-state index contributed by atoms with van der Waals surface area (Å²) in [6.45, 7) is 1.25. The van der Waals surface area contributed by atoms with Gasteiger partial charge in [0.1, 0.15) is 17.5 Å². The summed E-state index contributed by atoms with van der Waals surface area (Å²) in [7, 11) is -2.45. The zero-order valence-electron chi connectivity index (χ0n) is 10.2. The highest BCUT2D eigenvalue weighted by atomic mass is 32.2. The van der Waals surface area contributed by atoms with Crippen LogP contribution in [0.3, 0.4) is 0 Å². The fourth-order valence-corrected chi connectivity index (χ4v) is 3.45. The largest absolute Gasteiger partial charge is 0.304 e. The van der Waals surface area contributed by atoms with E-state index in [1.807, 2.05) is 11.9 Å². The Balaban J connectivity index is 2.40. The number of benzene rings is 1. The van der Waals surface area contributed by atoms with Crippen LogP contribution in [0, 0.1) is 17.5 Å². The van der Waals surface area contributed by atoms with E-state index in [2.05, 4.69) is 0 Å². The molecule has 0 unspecified atom stereocenters. The van der Waals surface area contributed by atoms with Gasteiger partial charge in [0.2, 0.25) is 10.0 Å². The number of sulfonamides is 1. The normalized spacial score (nSPS) is 18.7. The van der Waals surface area contributed by atoms with E-state index < -0.39 is 32.4 Å². The summed E-state index contributed by atoms with van der Waals surface area (Å²) in [5, 5.41) is 0. The summed E-state index contributed by atoms with van der Waals surface area (Å²) in [5.41, 5.74) is 0. The Bertz CT molecular complexity index is 561. The van der Waals surface area contributed by atoms with Crippen LogP contribution in [0.25, 0.3) is 0 Å². The van der Waals surface area contributed by atoms with Gasteiger partial charge in [-0.05, 0) is 7.05 Å². The summed E-state index contributed by atoms with van der Waals surface area (Å²) in [4.78, 5) is 0.821. The topological polar surface area (TPSA) is 40.6 Å². The second-order valence-corrected chi connectivity index (χ2v) is 6.28. The molecule has 0 aromatic heterocycles. The van der Waals surface area contributed by atoms with Crippen LogP contribution in [0.15, 0.2) is 17.0 Å². The molecule has 0 saturated carbocycles. The first kappa shape index (κ1) is 14.3. The Morgan fingerprint density at radius 3 is 1.95 bits per heavy atom. The van der Waals surface area contributed by atoms with Gasteiger partial charge in [-0.15, -0.1) is 0 Å². The smallest absolute Gasteiger partial charge is 0.249 e. The van der Waals surface area contributed by atoms with Crippen LogP contribution in [0.1, 0.15) is 0 Å². The molecule has 106 valence electrons. The van der Waals surface area contributed by atoms with E-state index in [9.17, 15) is 21.6 Å². The minimum absolute atomic E-state index is 0.148. The highest BCUT2D eigenvalue weighted by Crippen LogP contribution is 2.24. The predicted octanol–water partition coefficient (Wildman–Crippen LogP) is 1.04. The van der Waals surface area contributed by atoms with Gasteiger partial charge in [0.15, 0.2) is 4.90 Å². The minimum atomic E-state index is -4.27. The van der Waals surface area contributed by atoms with E-state index in [1.165, 1.54) is 0 Å². The molecule has 1 heterocycles. The van der Waals surface area contributed by atoms with Gasteiger partial charge in [-0.25, -0.2) is 21.6 Å². The van der Waals surface area contributed by atoms with Crippen molar-refractivity contribution >= 4 is 10.0 Å². The van der Waals surface area contributed by atoms with Gasteiger partial charge >= 0.3 is 0 Å². The summed E-state index contributed by atoms with van der Waals surface area (Å²) in [6, 6.07) is 0.734. The number of rotatable bonds is 2. The number of halogens is 3. The van der Waals surface area contributed by atoms with Crippen molar-refractivity contribution in [2.75, 3.05) is 33.2 Å². The van der Waals surface area contributed by atoms with Crippen LogP contribution in [0.4, 0.5) is 13.2 Å². The lowest BCUT2D eigenvalue weighted by atomic mass is 10.3. The molecule has 0 N–H and O–H groups in total. The molecule has 1 aromatic rings. The average molecular weight is 294 g/mol. The van der Waals surface area contributed by atoms with Gasteiger partial charge in [0.25, 0.3) is 0 Å². The fourth-order valence-electron chi connectivity index (χ4n) is 1.93. The van der Waals surface area contributed by atoms with Crippen molar-refractivity contribution in [1.82, 2.24) is 9.21 Å². The molecule has 1 aliphatic rings. The Morgan fingerprint density at radius 2 is 1.47 bits per heavy atom. The van der Waals surface area contributed by atoms with Crippen molar-refractivity contribution in [3.05, 3.63) is 29.6 Å². The van der Waals surface area contributed by atoms with Gasteiger partial charge in [-0.1, -0.05) is 0 Å². The van der Waals surface area contributed by atoms with Crippen molar-refractivity contribution < 1.29 is 21.6 Å². The molecule has 0 spiro atoms. The van der Waals surface area contributed by atoms with E-state index in [4.69, 9.17) is 0 Å². The highest BCUT2D eigenvalue weighted by molar-refractivity contribution is 7.89. The number of nitrogens with zero attached hydrogens (tertiary/aromatic N) is 2. The number of hydrogen-bond acceptors (Lipinski definition) is 3. The lowest BCUT2D eigenvalue weighted by Gasteiger charge is -2.31. The van der Waals surface area contributed by atoms with Gasteiger partial charge in [0.05, 0.1) is 0 Å². The first-order valence-electron chi connectivity index (χ1n) is 5.65. The van der Waals surface area contributed by atoms with Crippen LogP contribution in [0.2, 0.25) is 0 Å². The second-order valence-electron chi connectivity index (χ2n) is 4.41. The van der Waals surface area contributed by atoms with Crippen molar-refractivity contribution in [2.45, 2.75) is 4.90 Å². The van der Waals surface area contributed by atoms with Gasteiger partial charge in [0, 0.05) is 38.3 Å². The van der Waals surface area contributed by atoms with Crippen LogP contribution in [-0.4, -0.2) is 50.8 Å². The predicted molar refractivity (Wildman–Crippen MR) is 62.6 cm³/mol. The Labute approximate surface area is 109 Å². The molecule has 0 atom stereocenters. The quantitative estimate of drug-likeness (QED) is 0.818. The van der Waals surface area contributed by atoms with Crippen LogP contribution in [-0.2, 0) is 10.0 Å². The molecule has 0 bridgehead atoms. The Morgan fingerprint density at radius 1 is 1.00 bits per heavy atom. The second kappa shape index (κ2) is 5.10. The average Bonchev–Trinajstić information content (AvgIpc) is 2.27. The molecule has 1 saturated heterocycles. The van der Waals surface area contributed by atoms with E-state index in [1.54, 1.807) is 0 Å². The van der Waals surface area contributed by atoms with Gasteiger partial charge in [-0.2, -0.15) is 4.31 Å². The van der Waals surface area contributed by atoms with Crippen LogP contribution < -0.4 is 0 Å². The molecule has 4 nitrogen and oxygen atoms in total. The summed E-state index contributed by atoms with van der Waals surface area (Å²) < 4.78 is 65.2. The maximum absolute atomic E-state index is 13.5. The van der Waals surface area contributed by atoms with Crippen LogP contribution >= 0.6 is 0 Å². The van der Waals surface area contributed by atoms with Crippen molar-refractivity contribution in [3.8, 4) is 0 Å². The number of piperazine rings is 1. The van der Waals surface area contributed by atoms with Gasteiger partial charge < -0.3 is 4.90 Å². The lowest BCUT2D eigenvalue weighted by Crippen LogP contribution is -2.47. The summed E-state index contributed by atoms with van der Waals surface area (Å²) >= 11 is 0. The molecule has 0 radical (unpaired) electrons. The third kappa shape index (κ3) is 2.75. The molecule has 1 fully saturated rings.